The van der Waals surface area contributed by atoms with E-state index in [0.29, 0.717) is 13.2 Å². The van der Waals surface area contributed by atoms with Gasteiger partial charge < -0.3 is 14.6 Å². The fourth-order valence-electron chi connectivity index (χ4n) is 1.36. The molecule has 1 heterocycles. The molecule has 16 heavy (non-hydrogen) atoms. The van der Waals surface area contributed by atoms with E-state index in [0.717, 1.165) is 7.11 Å². The van der Waals surface area contributed by atoms with Crippen LogP contribution in [0.5, 0.6) is 0 Å². The number of aliphatic hydroxyl groups excluding tert-OH is 1. The van der Waals surface area contributed by atoms with E-state index in [-0.39, 0.29) is 6.09 Å². The molecule has 1 N–H and O–H groups in total. The van der Waals surface area contributed by atoms with Crippen molar-refractivity contribution in [3.63, 3.8) is 0 Å². The normalized spacial score (nSPS) is 18.8. The number of rotatable bonds is 0. The summed E-state index contributed by atoms with van der Waals surface area (Å²) in [5.74, 6) is 0. The van der Waals surface area contributed by atoms with Gasteiger partial charge >= 0.3 is 6.09 Å². The van der Waals surface area contributed by atoms with E-state index in [2.05, 4.69) is 0 Å². The predicted octanol–water partition coefficient (Wildman–Crippen LogP) is 1.60. The summed E-state index contributed by atoms with van der Waals surface area (Å²) in [5.41, 5.74) is -0.988. The summed E-state index contributed by atoms with van der Waals surface area (Å²) >= 11 is 0. The Kier molecular flexibility index (Phi) is 5.22. The minimum absolute atomic E-state index is 0.306. The van der Waals surface area contributed by atoms with Gasteiger partial charge in [-0.25, -0.2) is 4.79 Å². The van der Waals surface area contributed by atoms with Crippen LogP contribution in [0.25, 0.3) is 0 Å². The van der Waals surface area contributed by atoms with Crippen molar-refractivity contribution >= 4 is 6.09 Å². The Morgan fingerprint density at radius 3 is 2.19 bits per heavy atom. The van der Waals surface area contributed by atoms with Crippen LogP contribution < -0.4 is 0 Å². The van der Waals surface area contributed by atoms with E-state index in [1.807, 2.05) is 34.6 Å². The zero-order valence-electron chi connectivity index (χ0n) is 11.0. The van der Waals surface area contributed by atoms with Crippen LogP contribution in [-0.4, -0.2) is 47.7 Å². The Hall–Kier alpha value is -0.810. The van der Waals surface area contributed by atoms with Crippen LogP contribution in [0.2, 0.25) is 0 Å². The molecule has 1 rings (SSSR count). The lowest BCUT2D eigenvalue weighted by molar-refractivity contribution is -0.0590. The summed E-state index contributed by atoms with van der Waals surface area (Å²) in [5, 5.41) is 7.00. The summed E-state index contributed by atoms with van der Waals surface area (Å²) in [6.07, 6.45) is -0.306. The first-order valence-corrected chi connectivity index (χ1v) is 5.32. The van der Waals surface area contributed by atoms with Crippen molar-refractivity contribution in [3.05, 3.63) is 0 Å². The fourth-order valence-corrected chi connectivity index (χ4v) is 1.36. The quantitative estimate of drug-likeness (QED) is 0.690. The molecule has 0 aromatic rings. The van der Waals surface area contributed by atoms with E-state index in [1.54, 1.807) is 4.90 Å². The number of nitrogens with zero attached hydrogens (tertiary/aromatic N) is 1. The molecule has 0 aromatic carbocycles. The maximum atomic E-state index is 11.7. The largest absolute Gasteiger partial charge is 0.444 e. The highest BCUT2D eigenvalue weighted by atomic mass is 16.6. The molecule has 0 radical (unpaired) electrons. The molecule has 1 aliphatic rings. The molecule has 0 atom stereocenters. The Morgan fingerprint density at radius 2 is 1.88 bits per heavy atom. The number of hydrogen-bond donors (Lipinski definition) is 1. The molecule has 0 aliphatic carbocycles. The molecular weight excluding hydrogens is 210 g/mol. The Bertz CT molecular complexity index is 233. The average Bonchev–Trinajstić information content (AvgIpc) is 2.46. The van der Waals surface area contributed by atoms with Gasteiger partial charge in [0.25, 0.3) is 0 Å². The minimum Gasteiger partial charge on any atom is -0.444 e. The molecule has 0 unspecified atom stereocenters. The Labute approximate surface area is 97.3 Å². The van der Waals surface area contributed by atoms with E-state index in [9.17, 15) is 4.79 Å². The van der Waals surface area contributed by atoms with Crippen LogP contribution in [0.1, 0.15) is 34.6 Å². The molecule has 1 aliphatic heterocycles. The molecule has 1 fully saturated rings. The first kappa shape index (κ1) is 15.2. The van der Waals surface area contributed by atoms with Crippen LogP contribution in [-0.2, 0) is 9.47 Å². The fraction of sp³-hybridized carbons (Fsp3) is 0.909. The van der Waals surface area contributed by atoms with Crippen LogP contribution in [0.3, 0.4) is 0 Å². The smallest absolute Gasteiger partial charge is 0.412 e. The number of carbonyl (C=O) groups is 1. The molecule has 0 aromatic heterocycles. The molecule has 5 nitrogen and oxygen atoms in total. The molecule has 1 amide bonds. The second-order valence-corrected chi connectivity index (χ2v) is 4.93. The van der Waals surface area contributed by atoms with Crippen LogP contribution in [0.4, 0.5) is 4.79 Å². The van der Waals surface area contributed by atoms with Crippen molar-refractivity contribution in [3.8, 4) is 0 Å². The van der Waals surface area contributed by atoms with E-state index >= 15 is 0 Å². The first-order chi connectivity index (χ1) is 7.22. The van der Waals surface area contributed by atoms with Crippen molar-refractivity contribution < 1.29 is 19.4 Å². The van der Waals surface area contributed by atoms with E-state index < -0.39 is 11.3 Å². The van der Waals surface area contributed by atoms with Gasteiger partial charge in [0.05, 0.1) is 13.2 Å². The second-order valence-electron chi connectivity index (χ2n) is 4.93. The molecule has 5 heteroatoms. The van der Waals surface area contributed by atoms with Gasteiger partial charge in [-0.1, -0.05) is 0 Å². The number of aliphatic hydroxyl groups is 1. The second kappa shape index (κ2) is 5.50. The number of carbonyl (C=O) groups excluding carboxylic acids is 1. The highest BCUT2D eigenvalue weighted by Crippen LogP contribution is 2.24. The van der Waals surface area contributed by atoms with Crippen LogP contribution in [0.15, 0.2) is 0 Å². The van der Waals surface area contributed by atoms with Crippen LogP contribution in [0, 0.1) is 0 Å². The number of hydrogen-bond acceptors (Lipinski definition) is 4. The van der Waals surface area contributed by atoms with Gasteiger partial charge in [-0.05, 0) is 34.6 Å². The zero-order valence-corrected chi connectivity index (χ0v) is 11.0. The predicted molar refractivity (Wildman–Crippen MR) is 61.1 cm³/mol. The third-order valence-electron chi connectivity index (χ3n) is 2.03. The van der Waals surface area contributed by atoms with E-state index in [4.69, 9.17) is 14.6 Å². The van der Waals surface area contributed by atoms with Gasteiger partial charge in [-0.2, -0.15) is 0 Å². The molecule has 0 spiro atoms. The highest BCUT2D eigenvalue weighted by Gasteiger charge is 2.38. The SMILES string of the molecule is CC(C)(C)OC(=O)N1CCOC1(C)C.CO. The molecule has 0 bridgehead atoms. The zero-order chi connectivity index (χ0) is 13.0. The molecule has 0 saturated carbocycles. The lowest BCUT2D eigenvalue weighted by Crippen LogP contribution is -2.45. The van der Waals surface area contributed by atoms with E-state index in [1.165, 1.54) is 0 Å². The summed E-state index contributed by atoms with van der Waals surface area (Å²) in [4.78, 5) is 13.3. The lowest BCUT2D eigenvalue weighted by atomic mass is 10.2. The van der Waals surface area contributed by atoms with Crippen molar-refractivity contribution in [1.82, 2.24) is 4.90 Å². The topological polar surface area (TPSA) is 59.0 Å². The van der Waals surface area contributed by atoms with Gasteiger partial charge in [0.2, 0.25) is 0 Å². The molecule has 96 valence electrons. The first-order valence-electron chi connectivity index (χ1n) is 5.32. The maximum Gasteiger partial charge on any atom is 0.412 e. The number of ether oxygens (including phenoxy) is 2. The molecular formula is C11H23NO4. The standard InChI is InChI=1S/C10H19NO3.CH4O/c1-9(2,3)14-8(12)11-6-7-13-10(11,4)5;1-2/h6-7H2,1-5H3;2H,1H3. The minimum atomic E-state index is -0.539. The maximum absolute atomic E-state index is 11.7. The summed E-state index contributed by atoms with van der Waals surface area (Å²) in [7, 11) is 1.00. The highest BCUT2D eigenvalue weighted by molar-refractivity contribution is 5.69. The average molecular weight is 233 g/mol. The van der Waals surface area contributed by atoms with Crippen LogP contribution >= 0.6 is 0 Å². The van der Waals surface area contributed by atoms with Gasteiger partial charge in [-0.3, -0.25) is 4.90 Å². The third kappa shape index (κ3) is 4.37. The Morgan fingerprint density at radius 1 is 1.38 bits per heavy atom. The third-order valence-corrected chi connectivity index (χ3v) is 2.03. The van der Waals surface area contributed by atoms with Crippen molar-refractivity contribution in [2.45, 2.75) is 45.9 Å². The summed E-state index contributed by atoms with van der Waals surface area (Å²) < 4.78 is 10.7. The monoisotopic (exact) mass is 233 g/mol. The Balaban J connectivity index is 0.00000106. The lowest BCUT2D eigenvalue weighted by Gasteiger charge is -2.31. The summed E-state index contributed by atoms with van der Waals surface area (Å²) in [6, 6.07) is 0. The van der Waals surface area contributed by atoms with Gasteiger partial charge in [0.15, 0.2) is 0 Å². The van der Waals surface area contributed by atoms with Crippen molar-refractivity contribution in [2.24, 2.45) is 0 Å². The van der Waals surface area contributed by atoms with Gasteiger partial charge in [0.1, 0.15) is 11.3 Å². The van der Waals surface area contributed by atoms with Crippen molar-refractivity contribution in [1.29, 1.82) is 0 Å². The number of amides is 1. The van der Waals surface area contributed by atoms with Crippen molar-refractivity contribution in [2.75, 3.05) is 20.3 Å². The molecule has 1 saturated heterocycles. The summed E-state index contributed by atoms with van der Waals surface area (Å²) in [6.45, 7) is 10.5. The van der Waals surface area contributed by atoms with Gasteiger partial charge in [-0.15, -0.1) is 0 Å². The van der Waals surface area contributed by atoms with Gasteiger partial charge in [0, 0.05) is 7.11 Å².